The fourth-order valence-corrected chi connectivity index (χ4v) is 4.91. The molecule has 0 saturated carbocycles. The van der Waals surface area contributed by atoms with Crippen LogP contribution in [0.15, 0.2) is 36.5 Å². The fourth-order valence-electron chi connectivity index (χ4n) is 4.91. The van der Waals surface area contributed by atoms with E-state index in [1.54, 1.807) is 0 Å². The summed E-state index contributed by atoms with van der Waals surface area (Å²) < 4.78 is 10.6. The average Bonchev–Trinajstić information content (AvgIpc) is 3.01. The first kappa shape index (κ1) is 41.1. The van der Waals surface area contributed by atoms with Crippen molar-refractivity contribution in [1.29, 1.82) is 0 Å². The van der Waals surface area contributed by atoms with Crippen molar-refractivity contribution in [1.82, 2.24) is 0 Å². The van der Waals surface area contributed by atoms with Crippen molar-refractivity contribution in [2.45, 2.75) is 180 Å². The number of carbonyl (C=O) groups is 2. The first-order valence-corrected chi connectivity index (χ1v) is 18.0. The molecule has 5 heteroatoms. The molecule has 0 radical (unpaired) electrons. The van der Waals surface area contributed by atoms with Crippen molar-refractivity contribution in [3.63, 3.8) is 0 Å². The lowest BCUT2D eigenvalue weighted by Crippen LogP contribution is -2.28. The van der Waals surface area contributed by atoms with E-state index in [-0.39, 0.29) is 25.2 Å². The highest BCUT2D eigenvalue weighted by Crippen LogP contribution is 2.13. The second-order valence-electron chi connectivity index (χ2n) is 12.0. The summed E-state index contributed by atoms with van der Waals surface area (Å²) in [5, 5.41) is 9.51. The van der Waals surface area contributed by atoms with Gasteiger partial charge in [-0.2, -0.15) is 0 Å². The number of allylic oxidation sites excluding steroid dienone is 6. The molecule has 0 rings (SSSR count). The Kier molecular flexibility index (Phi) is 33.1. The minimum Gasteiger partial charge on any atom is -0.462 e. The zero-order chi connectivity index (χ0) is 31.5. The van der Waals surface area contributed by atoms with Crippen molar-refractivity contribution in [3.05, 3.63) is 36.5 Å². The van der Waals surface area contributed by atoms with Crippen LogP contribution >= 0.6 is 0 Å². The summed E-state index contributed by atoms with van der Waals surface area (Å²) in [6.07, 6.45) is 40.5. The molecular formula is C38H68O5. The Bertz CT molecular complexity index is 696. The van der Waals surface area contributed by atoms with Gasteiger partial charge in [-0.3, -0.25) is 9.59 Å². The largest absolute Gasteiger partial charge is 0.462 e. The van der Waals surface area contributed by atoms with E-state index in [1.165, 1.54) is 83.5 Å². The quantitative estimate of drug-likeness (QED) is 0.0470. The highest BCUT2D eigenvalue weighted by molar-refractivity contribution is 5.70. The first-order chi connectivity index (χ1) is 21.1. The number of ether oxygens (including phenoxy) is 2. The van der Waals surface area contributed by atoms with Crippen LogP contribution in [0.4, 0.5) is 0 Å². The Hall–Kier alpha value is -1.88. The fraction of sp³-hybridized carbons (Fsp3) is 0.789. The molecule has 0 heterocycles. The Morgan fingerprint density at radius 3 is 1.44 bits per heavy atom. The van der Waals surface area contributed by atoms with Gasteiger partial charge in [0.25, 0.3) is 0 Å². The van der Waals surface area contributed by atoms with Gasteiger partial charge in [-0.25, -0.2) is 0 Å². The predicted octanol–water partition coefficient (Wildman–Crippen LogP) is 10.9. The summed E-state index contributed by atoms with van der Waals surface area (Å²) in [5.41, 5.74) is 0. The van der Waals surface area contributed by atoms with Crippen LogP contribution in [0, 0.1) is 0 Å². The van der Waals surface area contributed by atoms with E-state index in [4.69, 9.17) is 9.47 Å². The topological polar surface area (TPSA) is 72.8 Å². The summed E-state index contributed by atoms with van der Waals surface area (Å²) in [6, 6.07) is 0. The third kappa shape index (κ3) is 32.9. The van der Waals surface area contributed by atoms with E-state index in [1.807, 2.05) is 0 Å². The molecule has 250 valence electrons. The molecule has 43 heavy (non-hydrogen) atoms. The maximum atomic E-state index is 12.1. The van der Waals surface area contributed by atoms with Gasteiger partial charge in [0.1, 0.15) is 6.61 Å². The van der Waals surface area contributed by atoms with Gasteiger partial charge in [-0.15, -0.1) is 0 Å². The molecule has 0 saturated heterocycles. The molecule has 5 nitrogen and oxygen atoms in total. The van der Waals surface area contributed by atoms with Gasteiger partial charge in [0.05, 0.1) is 6.61 Å². The van der Waals surface area contributed by atoms with Gasteiger partial charge in [0.2, 0.25) is 0 Å². The second-order valence-corrected chi connectivity index (χ2v) is 12.0. The van der Waals surface area contributed by atoms with Crippen molar-refractivity contribution in [2.75, 3.05) is 13.2 Å². The number of hydrogen-bond acceptors (Lipinski definition) is 5. The zero-order valence-corrected chi connectivity index (χ0v) is 28.2. The minimum atomic E-state index is -0.776. The van der Waals surface area contributed by atoms with Crippen LogP contribution in [0.3, 0.4) is 0 Å². The van der Waals surface area contributed by atoms with E-state index in [0.29, 0.717) is 12.8 Å². The van der Waals surface area contributed by atoms with Crippen LogP contribution in [0.25, 0.3) is 0 Å². The van der Waals surface area contributed by atoms with Gasteiger partial charge in [0.15, 0.2) is 6.10 Å². The van der Waals surface area contributed by atoms with Gasteiger partial charge < -0.3 is 14.6 Å². The summed E-state index contributed by atoms with van der Waals surface area (Å²) in [6.45, 7) is 4.08. The van der Waals surface area contributed by atoms with Gasteiger partial charge >= 0.3 is 11.9 Å². The molecule has 0 aromatic rings. The standard InChI is InChI=1S/C38H68O5/c1-3-5-7-9-11-13-15-17-18-19-20-21-23-24-26-28-30-32-37(40)42-35-36(34-39)43-38(41)33-31-29-27-25-22-16-14-12-10-8-6-4-2/h11,13,17-18,20-21,36,39H,3-10,12,14-16,19,22-35H2,1-2H3/b13-11-,18-17-,21-20-/t36-/m0/s1. The summed E-state index contributed by atoms with van der Waals surface area (Å²) in [7, 11) is 0. The number of esters is 2. The number of carbonyl (C=O) groups excluding carboxylic acids is 2. The number of rotatable bonds is 32. The monoisotopic (exact) mass is 605 g/mol. The molecule has 0 bridgehead atoms. The molecule has 0 aliphatic carbocycles. The summed E-state index contributed by atoms with van der Waals surface area (Å²) >= 11 is 0. The lowest BCUT2D eigenvalue weighted by Gasteiger charge is -2.15. The van der Waals surface area contributed by atoms with Gasteiger partial charge in [-0.05, 0) is 51.4 Å². The summed E-state index contributed by atoms with van der Waals surface area (Å²) in [5.74, 6) is -0.615. The molecule has 0 aromatic carbocycles. The van der Waals surface area contributed by atoms with Crippen molar-refractivity contribution < 1.29 is 24.2 Å². The Balaban J connectivity index is 3.62. The first-order valence-electron chi connectivity index (χ1n) is 18.0. The number of hydrogen-bond donors (Lipinski definition) is 1. The van der Waals surface area contributed by atoms with E-state index in [2.05, 4.69) is 50.3 Å². The second kappa shape index (κ2) is 34.6. The van der Waals surface area contributed by atoms with Gasteiger partial charge in [-0.1, -0.05) is 147 Å². The van der Waals surface area contributed by atoms with E-state index >= 15 is 0 Å². The van der Waals surface area contributed by atoms with E-state index in [9.17, 15) is 14.7 Å². The third-order valence-corrected chi connectivity index (χ3v) is 7.69. The normalized spacial score (nSPS) is 12.5. The third-order valence-electron chi connectivity index (χ3n) is 7.69. The maximum absolute atomic E-state index is 12.1. The van der Waals surface area contributed by atoms with Crippen molar-refractivity contribution >= 4 is 11.9 Å². The van der Waals surface area contributed by atoms with E-state index in [0.717, 1.165) is 64.2 Å². The Labute approximate surface area is 266 Å². The molecule has 1 N–H and O–H groups in total. The van der Waals surface area contributed by atoms with Crippen LogP contribution in [0.5, 0.6) is 0 Å². The average molecular weight is 605 g/mol. The van der Waals surface area contributed by atoms with Gasteiger partial charge in [0, 0.05) is 12.8 Å². The SMILES string of the molecule is CCCCC/C=C\C/C=C\C/C=C\CCCCCCC(=O)OC[C@H](CO)OC(=O)CCCCCCCCCCCCCC. The Morgan fingerprint density at radius 2 is 0.930 bits per heavy atom. The van der Waals surface area contributed by atoms with Crippen LogP contribution in [0.2, 0.25) is 0 Å². The Morgan fingerprint density at radius 1 is 0.535 bits per heavy atom. The highest BCUT2D eigenvalue weighted by atomic mass is 16.6. The summed E-state index contributed by atoms with van der Waals surface area (Å²) in [4.78, 5) is 24.1. The zero-order valence-electron chi connectivity index (χ0n) is 28.2. The lowest BCUT2D eigenvalue weighted by molar-refractivity contribution is -0.161. The van der Waals surface area contributed by atoms with Crippen LogP contribution in [-0.4, -0.2) is 36.4 Å². The molecule has 0 aliphatic rings. The van der Waals surface area contributed by atoms with Crippen LogP contribution < -0.4 is 0 Å². The number of aliphatic hydroxyl groups excluding tert-OH is 1. The molecule has 0 aliphatic heterocycles. The molecule has 0 aromatic heterocycles. The van der Waals surface area contributed by atoms with Crippen molar-refractivity contribution in [3.8, 4) is 0 Å². The molecule has 0 amide bonds. The van der Waals surface area contributed by atoms with Crippen LogP contribution in [0.1, 0.15) is 174 Å². The van der Waals surface area contributed by atoms with Crippen LogP contribution in [-0.2, 0) is 19.1 Å². The predicted molar refractivity (Wildman–Crippen MR) is 182 cm³/mol. The number of aliphatic hydroxyl groups is 1. The smallest absolute Gasteiger partial charge is 0.306 e. The molecule has 0 spiro atoms. The maximum Gasteiger partial charge on any atom is 0.306 e. The molecule has 0 fully saturated rings. The molecule has 1 atom stereocenters. The molecular weight excluding hydrogens is 536 g/mol. The minimum absolute atomic E-state index is 0.0754. The van der Waals surface area contributed by atoms with E-state index < -0.39 is 6.10 Å². The highest BCUT2D eigenvalue weighted by Gasteiger charge is 2.16. The lowest BCUT2D eigenvalue weighted by atomic mass is 10.0. The number of unbranched alkanes of at least 4 members (excludes halogenated alkanes) is 18. The molecule has 0 unspecified atom stereocenters. The van der Waals surface area contributed by atoms with Crippen molar-refractivity contribution in [2.24, 2.45) is 0 Å².